The molecule has 0 aromatic heterocycles. The fourth-order valence-corrected chi connectivity index (χ4v) is 7.39. The summed E-state index contributed by atoms with van der Waals surface area (Å²) >= 11 is 0. The van der Waals surface area contributed by atoms with E-state index < -0.39 is 17.9 Å². The normalized spacial score (nSPS) is 11.2. The van der Waals surface area contributed by atoms with Crippen LogP contribution in [-0.4, -0.2) is 469 Å². The van der Waals surface area contributed by atoms with Crippen LogP contribution < -0.4 is 0 Å². The summed E-state index contributed by atoms with van der Waals surface area (Å²) in [5.74, 6) is -1.24. The molecule has 0 aliphatic rings. The Morgan fingerprint density at radius 3 is 0.282 bits per heavy atom. The van der Waals surface area contributed by atoms with Crippen molar-refractivity contribution in [3.63, 3.8) is 0 Å². The van der Waals surface area contributed by atoms with Gasteiger partial charge in [0, 0.05) is 16.7 Å². The highest BCUT2D eigenvalue weighted by molar-refractivity contribution is 5.87. The third-order valence-corrected chi connectivity index (χ3v) is 13.2. The number of rotatable bonds is 99. The van der Waals surface area contributed by atoms with Crippen LogP contribution in [0.15, 0.2) is 36.5 Å². The summed E-state index contributed by atoms with van der Waals surface area (Å²) in [6.45, 7) is 43.6. The first kappa shape index (κ1) is 117. The summed E-state index contributed by atoms with van der Waals surface area (Å²) in [5, 5.41) is 25.5. The molecular weight excluding hydrogens is 1560 g/mol. The zero-order valence-corrected chi connectivity index (χ0v) is 70.8. The Kier molecular flexibility index (Phi) is 109. The number of aliphatic hydroxyl groups is 3. The van der Waals surface area contributed by atoms with Crippen LogP contribution in [0.4, 0.5) is 0 Å². The van der Waals surface area contributed by atoms with Gasteiger partial charge in [-0.1, -0.05) is 19.7 Å². The van der Waals surface area contributed by atoms with E-state index in [-0.39, 0.29) is 46.2 Å². The molecule has 0 saturated carbocycles. The minimum absolute atomic E-state index is 0.0174. The summed E-state index contributed by atoms with van der Waals surface area (Å²) in [6, 6.07) is 0. The van der Waals surface area contributed by atoms with Crippen LogP contribution in [0, 0.1) is 0 Å². The Morgan fingerprint density at radius 2 is 0.214 bits per heavy atom. The Hall–Kier alpha value is -3.69. The molecule has 39 heteroatoms. The molecule has 0 saturated heterocycles. The average Bonchev–Trinajstić information content (AvgIpc) is 1.03. The first-order valence-electron chi connectivity index (χ1n) is 40.2. The summed E-state index contributed by atoms with van der Waals surface area (Å²) in [6.07, 6.45) is 0. The van der Waals surface area contributed by atoms with Crippen LogP contribution in [0.2, 0.25) is 0 Å². The van der Waals surface area contributed by atoms with E-state index in [9.17, 15) is 14.4 Å². The van der Waals surface area contributed by atoms with Crippen LogP contribution in [0.25, 0.3) is 0 Å². The maximum atomic E-state index is 11.2. The molecule has 696 valence electrons. The Balaban J connectivity index is -0.00000251. The number of carbonyl (C=O) groups excluding carboxylic acids is 3. The van der Waals surface area contributed by atoms with Crippen molar-refractivity contribution in [2.24, 2.45) is 0 Å². The lowest BCUT2D eigenvalue weighted by molar-refractivity contribution is -0.141. The molecule has 0 spiro atoms. The van der Waals surface area contributed by atoms with Crippen molar-refractivity contribution < 1.29 is 186 Å². The molecule has 0 aromatic rings. The molecule has 0 heterocycles. The minimum atomic E-state index is -0.419. The molecule has 0 aliphatic heterocycles. The highest BCUT2D eigenvalue weighted by Gasteiger charge is 2.07. The molecule has 0 aliphatic carbocycles. The fourth-order valence-electron chi connectivity index (χ4n) is 7.39. The predicted octanol–water partition coefficient (Wildman–Crippen LogP) is 0.792. The summed E-state index contributed by atoms with van der Waals surface area (Å²) in [4.78, 5) is 33.1. The number of hydrogen-bond donors (Lipinski definition) is 3. The summed E-state index contributed by atoms with van der Waals surface area (Å²) < 4.78 is 176. The van der Waals surface area contributed by atoms with Gasteiger partial charge in [0.15, 0.2) is 0 Å². The topological polar surface area (TPSA) is 416 Å². The van der Waals surface area contributed by atoms with Gasteiger partial charge in [-0.15, -0.1) is 0 Å². The molecule has 0 unspecified atom stereocenters. The van der Waals surface area contributed by atoms with Gasteiger partial charge < -0.3 is 172 Å². The number of carbonyl (C=O) groups is 3. The third kappa shape index (κ3) is 112. The van der Waals surface area contributed by atoms with Gasteiger partial charge in [0.25, 0.3) is 0 Å². The average molecular weight is 1710 g/mol. The highest BCUT2D eigenvalue weighted by atomic mass is 16.6. The third-order valence-electron chi connectivity index (χ3n) is 13.2. The van der Waals surface area contributed by atoms with E-state index >= 15 is 0 Å². The molecule has 0 fully saturated rings. The van der Waals surface area contributed by atoms with Gasteiger partial charge in [-0.2, -0.15) is 0 Å². The highest BCUT2D eigenvalue weighted by Crippen LogP contribution is 1.97. The monoisotopic (exact) mass is 1710 g/mol. The van der Waals surface area contributed by atoms with Gasteiger partial charge in [0.1, 0.15) is 19.8 Å². The molecular formula is C78H150O39. The van der Waals surface area contributed by atoms with E-state index in [1.807, 2.05) is 0 Å². The van der Waals surface area contributed by atoms with E-state index in [4.69, 9.17) is 172 Å². The van der Waals surface area contributed by atoms with Crippen LogP contribution >= 0.6 is 0 Å². The van der Waals surface area contributed by atoms with Gasteiger partial charge in [0.05, 0.1) is 416 Å². The lowest BCUT2D eigenvalue weighted by Crippen LogP contribution is -2.16. The van der Waals surface area contributed by atoms with Crippen molar-refractivity contribution in [1.29, 1.82) is 0 Å². The van der Waals surface area contributed by atoms with Crippen molar-refractivity contribution >= 4 is 17.9 Å². The first-order valence-corrected chi connectivity index (χ1v) is 40.2. The maximum Gasteiger partial charge on any atom is 0.333 e. The number of hydrogen-bond acceptors (Lipinski definition) is 39. The van der Waals surface area contributed by atoms with E-state index in [1.165, 1.54) is 0 Å². The molecule has 0 radical (unpaired) electrons. The van der Waals surface area contributed by atoms with Crippen LogP contribution in [0.5, 0.6) is 0 Å². The smallest absolute Gasteiger partial charge is 0.333 e. The molecule has 0 atom stereocenters. The Morgan fingerprint density at radius 1 is 0.145 bits per heavy atom. The maximum absolute atomic E-state index is 11.2. The number of aliphatic hydroxyl groups excluding tert-OH is 3. The SMILES string of the molecule is C=C(C)C(=O)OCCOCCO.C=C(C)C(=O)OCCOCCOCCOCCOCCOCCOCCOCCO.C=C(C)C(=O)OCCOCCOCCOCCOCCOCCOCCOCCOCCOCCOCCOCCOCCOCCOCCOCCOCCOCCOCCOCCOCCOCCOCCO. The predicted molar refractivity (Wildman–Crippen MR) is 423 cm³/mol. The second kappa shape index (κ2) is 108. The summed E-state index contributed by atoms with van der Waals surface area (Å²) in [7, 11) is 0. The Bertz CT molecular complexity index is 1990. The first-order chi connectivity index (χ1) is 57.5. The van der Waals surface area contributed by atoms with Crippen molar-refractivity contribution in [2.45, 2.75) is 20.8 Å². The largest absolute Gasteiger partial charge is 0.460 e. The van der Waals surface area contributed by atoms with Crippen molar-refractivity contribution in [3.05, 3.63) is 36.5 Å². The van der Waals surface area contributed by atoms with E-state index in [2.05, 4.69) is 19.7 Å². The molecule has 0 amide bonds. The molecule has 39 nitrogen and oxygen atoms in total. The fraction of sp³-hybridized carbons (Fsp3) is 0.885. The summed E-state index contributed by atoms with van der Waals surface area (Å²) in [5.41, 5.74) is 1.11. The van der Waals surface area contributed by atoms with Gasteiger partial charge in [0.2, 0.25) is 0 Å². The molecule has 0 rings (SSSR count). The second-order valence-corrected chi connectivity index (χ2v) is 23.3. The van der Waals surface area contributed by atoms with Crippen LogP contribution in [-0.2, 0) is 171 Å². The van der Waals surface area contributed by atoms with Gasteiger partial charge in [-0.3, -0.25) is 0 Å². The quantitative estimate of drug-likeness (QED) is 0.0328. The molecule has 0 bridgehead atoms. The number of ether oxygens (including phenoxy) is 33. The van der Waals surface area contributed by atoms with Crippen molar-refractivity contribution in [2.75, 3.05) is 436 Å². The van der Waals surface area contributed by atoms with Gasteiger partial charge in [-0.25, -0.2) is 14.4 Å². The van der Waals surface area contributed by atoms with E-state index in [0.717, 1.165) is 0 Å². The zero-order chi connectivity index (χ0) is 85.5. The van der Waals surface area contributed by atoms with Crippen molar-refractivity contribution in [1.82, 2.24) is 0 Å². The lowest BCUT2D eigenvalue weighted by atomic mass is 10.4. The zero-order valence-electron chi connectivity index (χ0n) is 70.8. The molecule has 3 N–H and O–H groups in total. The molecule has 0 aromatic carbocycles. The Labute approximate surface area is 694 Å². The van der Waals surface area contributed by atoms with Gasteiger partial charge in [-0.05, 0) is 20.8 Å². The van der Waals surface area contributed by atoms with Gasteiger partial charge >= 0.3 is 17.9 Å². The van der Waals surface area contributed by atoms with Crippen molar-refractivity contribution in [3.8, 4) is 0 Å². The molecule has 117 heavy (non-hydrogen) atoms. The standard InChI is InChI=1S/C50H98O25.C20H38O10.C8H14O4/c1-49(2)50(52)75-48-47-74-46-45-73-44-43-72-42-41-71-40-39-70-38-37-69-36-35-68-34-33-67-32-31-66-30-29-65-28-27-64-26-25-63-24-23-62-22-21-61-20-19-60-18-17-59-16-15-58-14-13-57-12-11-56-10-9-55-8-7-54-6-5-53-4-3-51;1-19(2)20(22)30-18-17-29-16-15-28-14-13-27-12-11-26-10-9-25-8-7-24-6-5-23-4-3-21;1-7(2)8(10)12-6-5-11-4-3-9/h51H,1,3-48H2,2H3;21H,1,3-18H2,2H3;9H,1,3-6H2,2H3. The number of esters is 3. The van der Waals surface area contributed by atoms with Crippen LogP contribution in [0.3, 0.4) is 0 Å². The van der Waals surface area contributed by atoms with E-state index in [1.54, 1.807) is 20.8 Å². The van der Waals surface area contributed by atoms with Crippen LogP contribution in [0.1, 0.15) is 20.8 Å². The second-order valence-electron chi connectivity index (χ2n) is 23.3. The lowest BCUT2D eigenvalue weighted by Gasteiger charge is -2.09. The minimum Gasteiger partial charge on any atom is -0.460 e. The van der Waals surface area contributed by atoms with E-state index in [0.29, 0.717) is 407 Å².